The highest BCUT2D eigenvalue weighted by atomic mass is 16.4. The van der Waals surface area contributed by atoms with E-state index < -0.39 is 24.6 Å². The van der Waals surface area contributed by atoms with Crippen molar-refractivity contribution in [3.63, 3.8) is 0 Å². The van der Waals surface area contributed by atoms with Crippen molar-refractivity contribution < 1.29 is 20.1 Å². The van der Waals surface area contributed by atoms with Gasteiger partial charge in [0.05, 0.1) is 12.7 Å². The second kappa shape index (κ2) is 8.68. The van der Waals surface area contributed by atoms with Gasteiger partial charge in [-0.3, -0.25) is 0 Å². The van der Waals surface area contributed by atoms with Gasteiger partial charge in [-0.25, -0.2) is 0 Å². The summed E-state index contributed by atoms with van der Waals surface area (Å²) >= 11 is 0. The maximum absolute atomic E-state index is 10.7. The molecule has 0 aliphatic rings. The normalized spacial score (nSPS) is 14.9. The molecule has 0 aliphatic carbocycles. The predicted octanol–water partition coefficient (Wildman–Crippen LogP) is 0.0662. The maximum atomic E-state index is 10.7. The molecule has 4 heteroatoms. The molecular weight excluding hydrogens is 196 g/mol. The van der Waals surface area contributed by atoms with E-state index in [1.165, 1.54) is 0 Å². The number of aliphatic hydroxyl groups excluding tert-OH is 2. The summed E-state index contributed by atoms with van der Waals surface area (Å²) in [6, 6.07) is 0. The summed E-state index contributed by atoms with van der Waals surface area (Å²) < 4.78 is 0. The molecule has 15 heavy (non-hydrogen) atoms. The average molecular weight is 217 g/mol. The van der Waals surface area contributed by atoms with E-state index in [-0.39, 0.29) is 6.42 Å². The molecule has 90 valence electrons. The third kappa shape index (κ3) is 7.33. The van der Waals surface area contributed by atoms with E-state index in [2.05, 4.69) is 6.92 Å². The molecule has 4 nitrogen and oxygen atoms in total. The topological polar surface area (TPSA) is 80.6 Å². The van der Waals surface area contributed by atoms with Crippen LogP contribution in [0.5, 0.6) is 0 Å². The number of hydrogen-bond acceptors (Lipinski definition) is 4. The molecule has 2 atom stereocenters. The van der Waals surface area contributed by atoms with Crippen LogP contribution in [-0.2, 0) is 4.79 Å². The Morgan fingerprint density at radius 2 is 2.00 bits per heavy atom. The van der Waals surface area contributed by atoms with Gasteiger partial charge in [0.25, 0.3) is 0 Å². The highest BCUT2D eigenvalue weighted by Crippen LogP contribution is 2.15. The standard InChI is InChI=1S/C11H22O4/c1-2-3-4-5-6-9(11(14)15)7-10(13)8-12/h9-10,12-13H,2-8H2,1H3,(H,14,15)/p-1. The second-order valence-corrected chi connectivity index (χ2v) is 3.94. The number of carboxylic acids is 1. The SMILES string of the molecule is CCCCCCC(CC(O)CO)C(=O)[O-]. The van der Waals surface area contributed by atoms with Crippen molar-refractivity contribution in [1.82, 2.24) is 0 Å². The van der Waals surface area contributed by atoms with Gasteiger partial charge in [0.2, 0.25) is 0 Å². The quantitative estimate of drug-likeness (QED) is 0.535. The van der Waals surface area contributed by atoms with E-state index in [9.17, 15) is 9.90 Å². The zero-order valence-electron chi connectivity index (χ0n) is 9.32. The van der Waals surface area contributed by atoms with E-state index in [1.54, 1.807) is 0 Å². The lowest BCUT2D eigenvalue weighted by Gasteiger charge is -2.20. The Hall–Kier alpha value is -0.610. The van der Waals surface area contributed by atoms with E-state index in [1.807, 2.05) is 0 Å². The summed E-state index contributed by atoms with van der Waals surface area (Å²) in [6.45, 7) is 1.70. The number of hydrogen-bond donors (Lipinski definition) is 2. The summed E-state index contributed by atoms with van der Waals surface area (Å²) in [5.41, 5.74) is 0. The molecule has 0 saturated heterocycles. The Labute approximate surface area is 90.9 Å². The minimum absolute atomic E-state index is 0.0883. The molecule has 0 spiro atoms. The Morgan fingerprint density at radius 1 is 1.33 bits per heavy atom. The summed E-state index contributed by atoms with van der Waals surface area (Å²) in [5.74, 6) is -1.76. The largest absolute Gasteiger partial charge is 0.550 e. The van der Waals surface area contributed by atoms with Crippen molar-refractivity contribution in [3.8, 4) is 0 Å². The van der Waals surface area contributed by atoms with Gasteiger partial charge in [-0.2, -0.15) is 0 Å². The first-order chi connectivity index (χ1) is 7.11. The molecule has 0 aliphatic heterocycles. The van der Waals surface area contributed by atoms with Crippen molar-refractivity contribution in [3.05, 3.63) is 0 Å². The lowest BCUT2D eigenvalue weighted by molar-refractivity contribution is -0.312. The molecule has 0 aromatic rings. The third-order valence-electron chi connectivity index (χ3n) is 2.51. The average Bonchev–Trinajstić information content (AvgIpc) is 2.21. The van der Waals surface area contributed by atoms with Crippen molar-refractivity contribution in [2.45, 2.75) is 51.6 Å². The molecule has 0 aromatic heterocycles. The molecule has 0 heterocycles. The van der Waals surface area contributed by atoms with Crippen LogP contribution in [0.4, 0.5) is 0 Å². The van der Waals surface area contributed by atoms with Crippen LogP contribution in [-0.4, -0.2) is 28.9 Å². The van der Waals surface area contributed by atoms with E-state index in [0.29, 0.717) is 6.42 Å². The number of unbranched alkanes of at least 4 members (excludes halogenated alkanes) is 3. The summed E-state index contributed by atoms with van der Waals surface area (Å²) in [7, 11) is 0. The molecular formula is C11H21O4-. The van der Waals surface area contributed by atoms with Crippen molar-refractivity contribution in [2.24, 2.45) is 5.92 Å². The number of carbonyl (C=O) groups excluding carboxylic acids is 1. The van der Waals surface area contributed by atoms with Gasteiger partial charge in [-0.15, -0.1) is 0 Å². The Kier molecular flexibility index (Phi) is 8.33. The maximum Gasteiger partial charge on any atom is 0.0777 e. The molecule has 0 saturated carbocycles. The van der Waals surface area contributed by atoms with Crippen molar-refractivity contribution in [2.75, 3.05) is 6.61 Å². The molecule has 2 N–H and O–H groups in total. The fraction of sp³-hybridized carbons (Fsp3) is 0.909. The van der Waals surface area contributed by atoms with E-state index in [4.69, 9.17) is 10.2 Å². The van der Waals surface area contributed by atoms with Crippen LogP contribution in [0.1, 0.15) is 45.4 Å². The van der Waals surface area contributed by atoms with Gasteiger partial charge < -0.3 is 20.1 Å². The summed E-state index contributed by atoms with van der Waals surface area (Å²) in [5, 5.41) is 28.5. The summed E-state index contributed by atoms with van der Waals surface area (Å²) in [4.78, 5) is 10.7. The molecule has 0 fully saturated rings. The third-order valence-corrected chi connectivity index (χ3v) is 2.51. The van der Waals surface area contributed by atoms with Gasteiger partial charge in [0.15, 0.2) is 0 Å². The Balaban J connectivity index is 3.78. The van der Waals surface area contributed by atoms with Gasteiger partial charge in [0.1, 0.15) is 0 Å². The minimum atomic E-state index is -1.13. The Bertz CT molecular complexity index is 170. The lowest BCUT2D eigenvalue weighted by Crippen LogP contribution is -2.34. The number of rotatable bonds is 9. The number of carboxylic acid groups (broad SMARTS) is 1. The first-order valence-electron chi connectivity index (χ1n) is 5.61. The number of carbonyl (C=O) groups is 1. The second-order valence-electron chi connectivity index (χ2n) is 3.94. The number of aliphatic carboxylic acids is 1. The van der Waals surface area contributed by atoms with Gasteiger partial charge >= 0.3 is 0 Å². The van der Waals surface area contributed by atoms with E-state index >= 15 is 0 Å². The van der Waals surface area contributed by atoms with Gasteiger partial charge in [0, 0.05) is 11.9 Å². The molecule has 2 unspecified atom stereocenters. The molecule has 0 rings (SSSR count). The zero-order chi connectivity index (χ0) is 11.7. The van der Waals surface area contributed by atoms with Crippen molar-refractivity contribution >= 4 is 5.97 Å². The van der Waals surface area contributed by atoms with Crippen LogP contribution in [0.2, 0.25) is 0 Å². The molecule has 0 radical (unpaired) electrons. The predicted molar refractivity (Wildman–Crippen MR) is 55.0 cm³/mol. The molecule has 0 aromatic carbocycles. The zero-order valence-corrected chi connectivity index (χ0v) is 9.32. The van der Waals surface area contributed by atoms with Crippen LogP contribution >= 0.6 is 0 Å². The molecule has 0 amide bonds. The minimum Gasteiger partial charge on any atom is -0.550 e. The first-order valence-corrected chi connectivity index (χ1v) is 5.61. The van der Waals surface area contributed by atoms with Crippen LogP contribution in [0.3, 0.4) is 0 Å². The van der Waals surface area contributed by atoms with Crippen molar-refractivity contribution in [1.29, 1.82) is 0 Å². The van der Waals surface area contributed by atoms with Crippen LogP contribution < -0.4 is 5.11 Å². The number of aliphatic hydroxyl groups is 2. The fourth-order valence-corrected chi connectivity index (χ4v) is 1.55. The Morgan fingerprint density at radius 3 is 2.47 bits per heavy atom. The fourth-order valence-electron chi connectivity index (χ4n) is 1.55. The van der Waals surface area contributed by atoms with E-state index in [0.717, 1.165) is 25.7 Å². The monoisotopic (exact) mass is 217 g/mol. The van der Waals surface area contributed by atoms with Crippen LogP contribution in [0.25, 0.3) is 0 Å². The molecule has 0 bridgehead atoms. The van der Waals surface area contributed by atoms with Gasteiger partial charge in [-0.05, 0) is 12.8 Å². The highest BCUT2D eigenvalue weighted by molar-refractivity contribution is 5.67. The lowest BCUT2D eigenvalue weighted by atomic mass is 9.95. The highest BCUT2D eigenvalue weighted by Gasteiger charge is 2.14. The summed E-state index contributed by atoms with van der Waals surface area (Å²) in [6.07, 6.45) is 3.72. The van der Waals surface area contributed by atoms with Crippen LogP contribution in [0, 0.1) is 5.92 Å². The smallest absolute Gasteiger partial charge is 0.0777 e. The van der Waals surface area contributed by atoms with Crippen LogP contribution in [0.15, 0.2) is 0 Å². The van der Waals surface area contributed by atoms with Gasteiger partial charge in [-0.1, -0.05) is 32.6 Å². The first kappa shape index (κ1) is 14.4.